The van der Waals surface area contributed by atoms with Gasteiger partial charge in [-0.25, -0.2) is 8.42 Å². The summed E-state index contributed by atoms with van der Waals surface area (Å²) in [6, 6.07) is 4.41. The number of likely N-dealkylation sites (N-methyl/N-ethyl adjacent to an activating group) is 1. The van der Waals surface area contributed by atoms with E-state index in [1.165, 1.54) is 11.0 Å². The molecule has 1 amide bonds. The summed E-state index contributed by atoms with van der Waals surface area (Å²) in [4.78, 5) is 24.1. The lowest BCUT2D eigenvalue weighted by Gasteiger charge is -2.20. The Bertz CT molecular complexity index is 732. The second-order valence-electron chi connectivity index (χ2n) is 5.77. The molecule has 0 bridgehead atoms. The van der Waals surface area contributed by atoms with Crippen LogP contribution in [-0.4, -0.2) is 50.4 Å². The number of hydrogen-bond acceptors (Lipinski definition) is 6. The lowest BCUT2D eigenvalue weighted by Crippen LogP contribution is -2.41. The van der Waals surface area contributed by atoms with Gasteiger partial charge in [0, 0.05) is 19.2 Å². The minimum atomic E-state index is -3.06. The smallest absolute Gasteiger partial charge is 0.292 e. The quantitative estimate of drug-likeness (QED) is 0.622. The highest BCUT2D eigenvalue weighted by molar-refractivity contribution is 7.91. The van der Waals surface area contributed by atoms with Gasteiger partial charge in [0.1, 0.15) is 5.69 Å². The number of benzene rings is 1. The largest absolute Gasteiger partial charge is 0.360 e. The van der Waals surface area contributed by atoms with Crippen LogP contribution in [0.5, 0.6) is 0 Å². The normalized spacial score (nSPS) is 19.3. The van der Waals surface area contributed by atoms with Crippen LogP contribution in [0.15, 0.2) is 18.2 Å². The molecule has 0 radical (unpaired) electrons. The van der Waals surface area contributed by atoms with E-state index in [0.717, 1.165) is 5.56 Å². The van der Waals surface area contributed by atoms with Crippen LogP contribution < -0.4 is 10.2 Å². The van der Waals surface area contributed by atoms with Gasteiger partial charge in [-0.3, -0.25) is 14.9 Å². The molecule has 1 heterocycles. The molecule has 8 nitrogen and oxygen atoms in total. The van der Waals surface area contributed by atoms with Crippen LogP contribution in [0.1, 0.15) is 12.0 Å². The number of anilines is 1. The zero-order valence-electron chi connectivity index (χ0n) is 13.0. The molecule has 1 aromatic rings. The number of nitrogens with one attached hydrogen (secondary N) is 1. The molecule has 1 fully saturated rings. The van der Waals surface area contributed by atoms with Gasteiger partial charge in [0.15, 0.2) is 9.84 Å². The predicted octanol–water partition coefficient (Wildman–Crippen LogP) is 0.643. The minimum absolute atomic E-state index is 0.0485. The molecule has 1 saturated heterocycles. The number of carbonyl (C=O) groups excluding carboxylic acids is 1. The zero-order chi connectivity index (χ0) is 17.2. The molecular formula is C14H19N3O5S. The van der Waals surface area contributed by atoms with Crippen molar-refractivity contribution in [1.29, 1.82) is 0 Å². The van der Waals surface area contributed by atoms with Gasteiger partial charge in [-0.05, 0) is 25.0 Å². The minimum Gasteiger partial charge on any atom is -0.360 e. The third-order valence-electron chi connectivity index (χ3n) is 3.72. The van der Waals surface area contributed by atoms with Crippen LogP contribution in [0, 0.1) is 17.0 Å². The van der Waals surface area contributed by atoms with Crippen LogP contribution in [0.2, 0.25) is 0 Å². The monoisotopic (exact) mass is 341 g/mol. The Morgan fingerprint density at radius 1 is 1.48 bits per heavy atom. The number of nitro groups is 1. The van der Waals surface area contributed by atoms with E-state index < -0.39 is 14.8 Å². The molecule has 1 aromatic carbocycles. The molecule has 2 rings (SSSR count). The number of nitrogens with zero attached hydrogens (tertiary/aromatic N) is 2. The van der Waals surface area contributed by atoms with Crippen LogP contribution in [0.4, 0.5) is 11.4 Å². The molecule has 1 unspecified atom stereocenters. The standard InChI is InChI=1S/C14H19N3O5S/c1-10-3-4-12(13(7-10)17(19)20)16(2)8-14(18)15-11-5-6-23(21,22)9-11/h3-4,7,11H,5-6,8-9H2,1-2H3,(H,15,18). The van der Waals surface area contributed by atoms with Crippen molar-refractivity contribution < 1.29 is 18.1 Å². The van der Waals surface area contributed by atoms with Gasteiger partial charge in [-0.1, -0.05) is 6.07 Å². The maximum absolute atomic E-state index is 12.0. The molecule has 9 heteroatoms. The summed E-state index contributed by atoms with van der Waals surface area (Å²) in [6.07, 6.45) is 0.405. The van der Waals surface area contributed by atoms with E-state index in [2.05, 4.69) is 5.32 Å². The fourth-order valence-electron chi connectivity index (χ4n) is 2.59. The van der Waals surface area contributed by atoms with Crippen molar-refractivity contribution in [2.45, 2.75) is 19.4 Å². The average molecular weight is 341 g/mol. The SMILES string of the molecule is Cc1ccc(N(C)CC(=O)NC2CCS(=O)(=O)C2)c([N+](=O)[O-])c1. The highest BCUT2D eigenvalue weighted by Crippen LogP contribution is 2.28. The maximum atomic E-state index is 12.0. The zero-order valence-corrected chi connectivity index (χ0v) is 13.8. The second-order valence-corrected chi connectivity index (χ2v) is 8.00. The van der Waals surface area contributed by atoms with Crippen molar-refractivity contribution in [2.24, 2.45) is 0 Å². The number of amides is 1. The molecule has 1 N–H and O–H groups in total. The van der Waals surface area contributed by atoms with E-state index in [-0.39, 0.29) is 35.7 Å². The molecule has 126 valence electrons. The van der Waals surface area contributed by atoms with Crippen molar-refractivity contribution in [1.82, 2.24) is 5.32 Å². The number of rotatable bonds is 5. The Morgan fingerprint density at radius 2 is 2.17 bits per heavy atom. The van der Waals surface area contributed by atoms with E-state index >= 15 is 0 Å². The first-order chi connectivity index (χ1) is 10.7. The molecule has 23 heavy (non-hydrogen) atoms. The summed E-state index contributed by atoms with van der Waals surface area (Å²) in [5, 5.41) is 13.8. The highest BCUT2D eigenvalue weighted by Gasteiger charge is 2.29. The highest BCUT2D eigenvalue weighted by atomic mass is 32.2. The molecule has 0 spiro atoms. The van der Waals surface area contributed by atoms with E-state index in [1.54, 1.807) is 26.1 Å². The van der Waals surface area contributed by atoms with E-state index in [1.807, 2.05) is 0 Å². The third-order valence-corrected chi connectivity index (χ3v) is 5.49. The number of nitro benzene ring substituents is 1. The molecular weight excluding hydrogens is 322 g/mol. The molecule has 0 aromatic heterocycles. The van der Waals surface area contributed by atoms with Gasteiger partial charge < -0.3 is 10.2 Å². The van der Waals surface area contributed by atoms with Crippen molar-refractivity contribution in [2.75, 3.05) is 30.0 Å². The fraction of sp³-hybridized carbons (Fsp3) is 0.500. The van der Waals surface area contributed by atoms with Gasteiger partial charge in [-0.2, -0.15) is 0 Å². The van der Waals surface area contributed by atoms with Crippen molar-refractivity contribution in [3.05, 3.63) is 33.9 Å². The van der Waals surface area contributed by atoms with E-state index in [9.17, 15) is 23.3 Å². The molecule has 1 aliphatic heterocycles. The van der Waals surface area contributed by atoms with Crippen molar-refractivity contribution in [3.63, 3.8) is 0 Å². The molecule has 1 aliphatic rings. The predicted molar refractivity (Wildman–Crippen MR) is 86.3 cm³/mol. The summed E-state index contributed by atoms with van der Waals surface area (Å²) >= 11 is 0. The first-order valence-electron chi connectivity index (χ1n) is 7.14. The summed E-state index contributed by atoms with van der Waals surface area (Å²) in [5.41, 5.74) is 1.04. The topological polar surface area (TPSA) is 110 Å². The summed E-state index contributed by atoms with van der Waals surface area (Å²) in [5.74, 6) is -0.325. The van der Waals surface area contributed by atoms with Gasteiger partial charge in [0.25, 0.3) is 5.69 Å². The Balaban J connectivity index is 2.03. The first kappa shape index (κ1) is 17.2. The molecule has 0 saturated carbocycles. The summed E-state index contributed by atoms with van der Waals surface area (Å²) < 4.78 is 22.8. The average Bonchev–Trinajstić information content (AvgIpc) is 2.77. The summed E-state index contributed by atoms with van der Waals surface area (Å²) in [7, 11) is -1.48. The summed E-state index contributed by atoms with van der Waals surface area (Å²) in [6.45, 7) is 1.67. The van der Waals surface area contributed by atoms with E-state index in [4.69, 9.17) is 0 Å². The van der Waals surface area contributed by atoms with Crippen LogP contribution >= 0.6 is 0 Å². The van der Waals surface area contributed by atoms with Crippen molar-refractivity contribution in [3.8, 4) is 0 Å². The van der Waals surface area contributed by atoms with E-state index in [0.29, 0.717) is 12.1 Å². The first-order valence-corrected chi connectivity index (χ1v) is 8.96. The second kappa shape index (κ2) is 6.53. The van der Waals surface area contributed by atoms with Gasteiger partial charge in [-0.15, -0.1) is 0 Å². The lowest BCUT2D eigenvalue weighted by atomic mass is 10.2. The van der Waals surface area contributed by atoms with Crippen LogP contribution in [0.3, 0.4) is 0 Å². The van der Waals surface area contributed by atoms with Crippen molar-refractivity contribution >= 4 is 27.1 Å². The molecule has 0 aliphatic carbocycles. The van der Waals surface area contributed by atoms with Crippen LogP contribution in [0.25, 0.3) is 0 Å². The Kier molecular flexibility index (Phi) is 4.88. The number of aryl methyl sites for hydroxylation is 1. The van der Waals surface area contributed by atoms with Crippen LogP contribution in [-0.2, 0) is 14.6 Å². The maximum Gasteiger partial charge on any atom is 0.292 e. The van der Waals surface area contributed by atoms with Gasteiger partial charge in [0.05, 0.1) is 23.0 Å². The number of sulfone groups is 1. The number of carbonyl (C=O) groups is 1. The van der Waals surface area contributed by atoms with Gasteiger partial charge in [0.2, 0.25) is 5.91 Å². The third kappa shape index (κ3) is 4.41. The Morgan fingerprint density at radius 3 is 2.74 bits per heavy atom. The molecule has 1 atom stereocenters. The Labute approximate surface area is 134 Å². The Hall–Kier alpha value is -2.16. The van der Waals surface area contributed by atoms with Gasteiger partial charge >= 0.3 is 0 Å². The number of hydrogen-bond donors (Lipinski definition) is 1. The lowest BCUT2D eigenvalue weighted by molar-refractivity contribution is -0.384. The fourth-order valence-corrected chi connectivity index (χ4v) is 4.26.